The molecule has 0 amide bonds. The van der Waals surface area contributed by atoms with Gasteiger partial charge in [-0.05, 0) is 18.2 Å². The Morgan fingerprint density at radius 2 is 1.59 bits per heavy atom. The lowest BCUT2D eigenvalue weighted by molar-refractivity contribution is 1.21. The standard InChI is InChI=1S/C14H11N3/c1-2-7-12(8-3-1)16-14-15-10-11-6-4-5-9-13(11)17-14/h1-10H,(H,15,16,17). The molecule has 0 aliphatic heterocycles. The first-order chi connectivity index (χ1) is 8.42. The highest BCUT2D eigenvalue weighted by atomic mass is 15.1. The molecular formula is C14H11N3. The molecule has 82 valence electrons. The Labute approximate surface area is 99.2 Å². The van der Waals surface area contributed by atoms with Crippen LogP contribution in [0.15, 0.2) is 60.8 Å². The normalized spacial score (nSPS) is 10.4. The zero-order chi connectivity index (χ0) is 11.5. The van der Waals surface area contributed by atoms with Crippen LogP contribution >= 0.6 is 0 Å². The fraction of sp³-hybridized carbons (Fsp3) is 0. The van der Waals surface area contributed by atoms with Crippen molar-refractivity contribution in [2.45, 2.75) is 0 Å². The summed E-state index contributed by atoms with van der Waals surface area (Å²) >= 11 is 0. The third kappa shape index (κ3) is 2.08. The molecule has 0 fully saturated rings. The number of fused-ring (bicyclic) bond motifs is 1. The van der Waals surface area contributed by atoms with Gasteiger partial charge in [-0.3, -0.25) is 0 Å². The van der Waals surface area contributed by atoms with E-state index in [2.05, 4.69) is 15.3 Å². The van der Waals surface area contributed by atoms with E-state index < -0.39 is 0 Å². The molecule has 0 radical (unpaired) electrons. The molecule has 0 aliphatic rings. The maximum absolute atomic E-state index is 4.45. The first-order valence-corrected chi connectivity index (χ1v) is 5.46. The summed E-state index contributed by atoms with van der Waals surface area (Å²) in [5, 5.41) is 4.22. The highest BCUT2D eigenvalue weighted by Gasteiger charge is 1.99. The van der Waals surface area contributed by atoms with E-state index in [0.717, 1.165) is 16.6 Å². The van der Waals surface area contributed by atoms with Crippen LogP contribution in [0.3, 0.4) is 0 Å². The zero-order valence-corrected chi connectivity index (χ0v) is 9.17. The van der Waals surface area contributed by atoms with Gasteiger partial charge in [-0.2, -0.15) is 0 Å². The Kier molecular flexibility index (Phi) is 2.43. The van der Waals surface area contributed by atoms with Gasteiger partial charge in [-0.25, -0.2) is 9.97 Å². The van der Waals surface area contributed by atoms with Crippen LogP contribution in [0.5, 0.6) is 0 Å². The lowest BCUT2D eigenvalue weighted by Gasteiger charge is -2.04. The van der Waals surface area contributed by atoms with Crippen molar-refractivity contribution in [2.75, 3.05) is 5.32 Å². The van der Waals surface area contributed by atoms with E-state index in [1.807, 2.05) is 60.8 Å². The molecule has 0 spiro atoms. The van der Waals surface area contributed by atoms with Gasteiger partial charge in [0.25, 0.3) is 0 Å². The number of nitrogens with zero attached hydrogens (tertiary/aromatic N) is 2. The molecule has 0 saturated carbocycles. The van der Waals surface area contributed by atoms with Crippen molar-refractivity contribution >= 4 is 22.5 Å². The number of para-hydroxylation sites is 2. The highest BCUT2D eigenvalue weighted by molar-refractivity contribution is 5.78. The summed E-state index contributed by atoms with van der Waals surface area (Å²) in [6.07, 6.45) is 1.83. The van der Waals surface area contributed by atoms with E-state index in [9.17, 15) is 0 Å². The smallest absolute Gasteiger partial charge is 0.227 e. The molecule has 0 saturated heterocycles. The SMILES string of the molecule is c1ccc(Nc2ncc3ccccc3n2)cc1. The minimum absolute atomic E-state index is 0.620. The van der Waals surface area contributed by atoms with Crippen molar-refractivity contribution in [3.8, 4) is 0 Å². The summed E-state index contributed by atoms with van der Waals surface area (Å²) in [7, 11) is 0. The molecule has 0 aliphatic carbocycles. The van der Waals surface area contributed by atoms with Crippen LogP contribution in [0.4, 0.5) is 11.6 Å². The van der Waals surface area contributed by atoms with Gasteiger partial charge < -0.3 is 5.32 Å². The summed E-state index contributed by atoms with van der Waals surface area (Å²) in [6.45, 7) is 0. The lowest BCUT2D eigenvalue weighted by Crippen LogP contribution is -1.96. The van der Waals surface area contributed by atoms with Crippen LogP contribution in [0.2, 0.25) is 0 Å². The molecule has 2 aromatic carbocycles. The second-order valence-corrected chi connectivity index (χ2v) is 3.74. The van der Waals surface area contributed by atoms with E-state index in [-0.39, 0.29) is 0 Å². The van der Waals surface area contributed by atoms with Gasteiger partial charge in [0.2, 0.25) is 5.95 Å². The molecule has 0 unspecified atom stereocenters. The summed E-state index contributed by atoms with van der Waals surface area (Å²) in [5.74, 6) is 0.620. The van der Waals surface area contributed by atoms with Crippen LogP contribution in [0, 0.1) is 0 Å². The molecule has 0 atom stereocenters. The monoisotopic (exact) mass is 221 g/mol. The van der Waals surface area contributed by atoms with Gasteiger partial charge >= 0.3 is 0 Å². The molecule has 1 heterocycles. The number of aromatic nitrogens is 2. The number of anilines is 2. The van der Waals surface area contributed by atoms with Gasteiger partial charge in [-0.1, -0.05) is 36.4 Å². The second-order valence-electron chi connectivity index (χ2n) is 3.74. The summed E-state index contributed by atoms with van der Waals surface area (Å²) in [5.41, 5.74) is 1.93. The van der Waals surface area contributed by atoms with Crippen LogP contribution in [-0.2, 0) is 0 Å². The molecule has 3 aromatic rings. The topological polar surface area (TPSA) is 37.8 Å². The number of hydrogen-bond acceptors (Lipinski definition) is 3. The van der Waals surface area contributed by atoms with Gasteiger partial charge in [0.05, 0.1) is 5.52 Å². The van der Waals surface area contributed by atoms with Crippen molar-refractivity contribution in [1.29, 1.82) is 0 Å². The first kappa shape index (κ1) is 9.78. The third-order valence-electron chi connectivity index (χ3n) is 2.52. The Morgan fingerprint density at radius 3 is 2.47 bits per heavy atom. The van der Waals surface area contributed by atoms with Gasteiger partial charge in [0.15, 0.2) is 0 Å². The molecule has 1 aromatic heterocycles. The molecule has 3 rings (SSSR count). The van der Waals surface area contributed by atoms with Crippen LogP contribution in [0.25, 0.3) is 10.9 Å². The molecule has 1 N–H and O–H groups in total. The molecule has 3 nitrogen and oxygen atoms in total. The minimum atomic E-state index is 0.620. The minimum Gasteiger partial charge on any atom is -0.324 e. The van der Waals surface area contributed by atoms with Crippen LogP contribution < -0.4 is 5.32 Å². The molecule has 3 heteroatoms. The zero-order valence-electron chi connectivity index (χ0n) is 9.17. The number of benzene rings is 2. The van der Waals surface area contributed by atoms with E-state index in [1.165, 1.54) is 0 Å². The van der Waals surface area contributed by atoms with E-state index in [4.69, 9.17) is 0 Å². The maximum Gasteiger partial charge on any atom is 0.227 e. The molecule has 17 heavy (non-hydrogen) atoms. The number of nitrogens with one attached hydrogen (secondary N) is 1. The lowest BCUT2D eigenvalue weighted by atomic mass is 10.2. The highest BCUT2D eigenvalue weighted by Crippen LogP contribution is 2.15. The fourth-order valence-corrected chi connectivity index (χ4v) is 1.68. The van der Waals surface area contributed by atoms with E-state index >= 15 is 0 Å². The first-order valence-electron chi connectivity index (χ1n) is 5.46. The predicted octanol–water partition coefficient (Wildman–Crippen LogP) is 3.37. The number of rotatable bonds is 2. The predicted molar refractivity (Wildman–Crippen MR) is 69.3 cm³/mol. The fourth-order valence-electron chi connectivity index (χ4n) is 1.68. The maximum atomic E-state index is 4.45. The Bertz CT molecular complexity index is 635. The quantitative estimate of drug-likeness (QED) is 0.721. The third-order valence-corrected chi connectivity index (χ3v) is 2.52. The summed E-state index contributed by atoms with van der Waals surface area (Å²) < 4.78 is 0. The second kappa shape index (κ2) is 4.22. The Morgan fingerprint density at radius 1 is 0.824 bits per heavy atom. The summed E-state index contributed by atoms with van der Waals surface area (Å²) in [4.78, 5) is 8.73. The summed E-state index contributed by atoms with van der Waals surface area (Å²) in [6, 6.07) is 17.8. The van der Waals surface area contributed by atoms with Gasteiger partial charge in [-0.15, -0.1) is 0 Å². The van der Waals surface area contributed by atoms with Crippen LogP contribution in [-0.4, -0.2) is 9.97 Å². The largest absolute Gasteiger partial charge is 0.324 e. The van der Waals surface area contributed by atoms with Crippen molar-refractivity contribution in [3.05, 3.63) is 60.8 Å². The van der Waals surface area contributed by atoms with E-state index in [0.29, 0.717) is 5.95 Å². The van der Waals surface area contributed by atoms with E-state index in [1.54, 1.807) is 0 Å². The average Bonchev–Trinajstić information content (AvgIpc) is 2.40. The van der Waals surface area contributed by atoms with Crippen molar-refractivity contribution in [3.63, 3.8) is 0 Å². The van der Waals surface area contributed by atoms with Crippen molar-refractivity contribution in [2.24, 2.45) is 0 Å². The number of hydrogen-bond donors (Lipinski definition) is 1. The van der Waals surface area contributed by atoms with Crippen LogP contribution in [0.1, 0.15) is 0 Å². The Hall–Kier alpha value is -2.42. The van der Waals surface area contributed by atoms with Crippen molar-refractivity contribution in [1.82, 2.24) is 9.97 Å². The van der Waals surface area contributed by atoms with Gasteiger partial charge in [0.1, 0.15) is 0 Å². The Balaban J connectivity index is 1.96. The van der Waals surface area contributed by atoms with Crippen molar-refractivity contribution < 1.29 is 0 Å². The molecule has 0 bridgehead atoms. The van der Waals surface area contributed by atoms with Gasteiger partial charge in [0, 0.05) is 17.3 Å². The molecular weight excluding hydrogens is 210 g/mol. The average molecular weight is 221 g/mol.